The molecule has 2 fully saturated rings. The van der Waals surface area contributed by atoms with E-state index in [-0.39, 0.29) is 12.0 Å². The standard InChI is InChI=1S/C13H23NO3/c1-10-11(12(15)16)5-8-14(10)9-13(17)6-3-2-4-7-13/h10-11,17H,2-9H2,1H3,(H,15,16). The van der Waals surface area contributed by atoms with Gasteiger partial charge in [-0.1, -0.05) is 19.3 Å². The van der Waals surface area contributed by atoms with Gasteiger partial charge in [0.05, 0.1) is 11.5 Å². The number of hydrogen-bond acceptors (Lipinski definition) is 3. The van der Waals surface area contributed by atoms with Gasteiger partial charge in [0.1, 0.15) is 0 Å². The van der Waals surface area contributed by atoms with Crippen molar-refractivity contribution in [3.05, 3.63) is 0 Å². The Bertz CT molecular complexity index is 286. The SMILES string of the molecule is CC1C(C(=O)O)CCN1CC1(O)CCCCC1. The van der Waals surface area contributed by atoms with Gasteiger partial charge in [0, 0.05) is 12.6 Å². The van der Waals surface area contributed by atoms with Crippen LogP contribution in [0, 0.1) is 5.92 Å². The number of likely N-dealkylation sites (tertiary alicyclic amines) is 1. The quantitative estimate of drug-likeness (QED) is 0.785. The molecule has 1 saturated heterocycles. The molecule has 0 spiro atoms. The lowest BCUT2D eigenvalue weighted by molar-refractivity contribution is -0.142. The van der Waals surface area contributed by atoms with E-state index in [1.807, 2.05) is 6.92 Å². The van der Waals surface area contributed by atoms with Crippen molar-refractivity contribution in [2.24, 2.45) is 5.92 Å². The fourth-order valence-electron chi connectivity index (χ4n) is 3.30. The van der Waals surface area contributed by atoms with Crippen LogP contribution >= 0.6 is 0 Å². The van der Waals surface area contributed by atoms with E-state index in [0.29, 0.717) is 13.0 Å². The molecule has 0 aromatic heterocycles. The lowest BCUT2D eigenvalue weighted by Gasteiger charge is -2.37. The molecule has 0 aromatic carbocycles. The first-order chi connectivity index (χ1) is 8.02. The van der Waals surface area contributed by atoms with Gasteiger partial charge < -0.3 is 10.2 Å². The molecule has 0 radical (unpaired) electrons. The Morgan fingerprint density at radius 1 is 1.35 bits per heavy atom. The minimum Gasteiger partial charge on any atom is -0.481 e. The first-order valence-corrected chi connectivity index (χ1v) is 6.71. The van der Waals surface area contributed by atoms with Crippen LogP contribution in [0.3, 0.4) is 0 Å². The van der Waals surface area contributed by atoms with Crippen LogP contribution in [-0.2, 0) is 4.79 Å². The third-order valence-corrected chi connectivity index (χ3v) is 4.48. The molecule has 4 nitrogen and oxygen atoms in total. The number of carboxylic acids is 1. The lowest BCUT2D eigenvalue weighted by atomic mass is 9.84. The van der Waals surface area contributed by atoms with E-state index in [4.69, 9.17) is 5.11 Å². The summed E-state index contributed by atoms with van der Waals surface area (Å²) in [6.07, 6.45) is 5.87. The van der Waals surface area contributed by atoms with Crippen LogP contribution in [0.4, 0.5) is 0 Å². The van der Waals surface area contributed by atoms with Crippen molar-refractivity contribution in [2.75, 3.05) is 13.1 Å². The molecule has 2 aliphatic rings. The zero-order chi connectivity index (χ0) is 12.5. The smallest absolute Gasteiger partial charge is 0.308 e. The second-order valence-corrected chi connectivity index (χ2v) is 5.73. The van der Waals surface area contributed by atoms with Gasteiger partial charge in [-0.15, -0.1) is 0 Å². The van der Waals surface area contributed by atoms with Crippen molar-refractivity contribution >= 4 is 5.97 Å². The number of aliphatic hydroxyl groups is 1. The molecule has 2 atom stereocenters. The fraction of sp³-hybridized carbons (Fsp3) is 0.923. The van der Waals surface area contributed by atoms with Crippen LogP contribution in [0.15, 0.2) is 0 Å². The molecular weight excluding hydrogens is 218 g/mol. The molecule has 0 amide bonds. The predicted octanol–water partition coefficient (Wildman–Crippen LogP) is 1.48. The van der Waals surface area contributed by atoms with Crippen molar-refractivity contribution in [1.82, 2.24) is 4.90 Å². The molecule has 2 N–H and O–H groups in total. The van der Waals surface area contributed by atoms with Gasteiger partial charge in [-0.3, -0.25) is 9.69 Å². The van der Waals surface area contributed by atoms with Gasteiger partial charge in [0.15, 0.2) is 0 Å². The third-order valence-electron chi connectivity index (χ3n) is 4.48. The molecule has 1 heterocycles. The third kappa shape index (κ3) is 2.80. The van der Waals surface area contributed by atoms with Crippen molar-refractivity contribution in [2.45, 2.75) is 57.1 Å². The normalized spacial score (nSPS) is 33.8. The Labute approximate surface area is 103 Å². The molecule has 4 heteroatoms. The van der Waals surface area contributed by atoms with Crippen molar-refractivity contribution < 1.29 is 15.0 Å². The molecule has 98 valence electrons. The van der Waals surface area contributed by atoms with Crippen LogP contribution in [0.2, 0.25) is 0 Å². The van der Waals surface area contributed by atoms with Gasteiger partial charge in [-0.2, -0.15) is 0 Å². The summed E-state index contributed by atoms with van der Waals surface area (Å²) < 4.78 is 0. The molecule has 0 aromatic rings. The Morgan fingerprint density at radius 2 is 2.00 bits per heavy atom. The number of hydrogen-bond donors (Lipinski definition) is 2. The van der Waals surface area contributed by atoms with Gasteiger partial charge in [0.25, 0.3) is 0 Å². The molecule has 1 saturated carbocycles. The van der Waals surface area contributed by atoms with E-state index in [1.165, 1.54) is 6.42 Å². The molecule has 2 rings (SSSR count). The monoisotopic (exact) mass is 241 g/mol. The number of aliphatic carboxylic acids is 1. The first kappa shape index (κ1) is 12.8. The van der Waals surface area contributed by atoms with Crippen LogP contribution in [0.1, 0.15) is 45.4 Å². The topological polar surface area (TPSA) is 60.8 Å². The Kier molecular flexibility index (Phi) is 3.73. The zero-order valence-electron chi connectivity index (χ0n) is 10.6. The second kappa shape index (κ2) is 4.94. The predicted molar refractivity (Wildman–Crippen MR) is 64.8 cm³/mol. The zero-order valence-corrected chi connectivity index (χ0v) is 10.6. The number of carboxylic acid groups (broad SMARTS) is 1. The van der Waals surface area contributed by atoms with E-state index < -0.39 is 11.6 Å². The summed E-state index contributed by atoms with van der Waals surface area (Å²) in [5.41, 5.74) is -0.570. The van der Waals surface area contributed by atoms with Crippen LogP contribution in [0.5, 0.6) is 0 Å². The molecular formula is C13H23NO3. The number of nitrogens with zero attached hydrogens (tertiary/aromatic N) is 1. The summed E-state index contributed by atoms with van der Waals surface area (Å²) in [6, 6.07) is 0.0541. The maximum absolute atomic E-state index is 11.0. The minimum absolute atomic E-state index is 0.0541. The highest BCUT2D eigenvalue weighted by Crippen LogP contribution is 2.32. The summed E-state index contributed by atoms with van der Waals surface area (Å²) in [4.78, 5) is 13.2. The summed E-state index contributed by atoms with van der Waals surface area (Å²) >= 11 is 0. The molecule has 1 aliphatic heterocycles. The van der Waals surface area contributed by atoms with Gasteiger partial charge in [-0.25, -0.2) is 0 Å². The average molecular weight is 241 g/mol. The Balaban J connectivity index is 1.93. The summed E-state index contributed by atoms with van der Waals surface area (Å²) in [7, 11) is 0. The fourth-order valence-corrected chi connectivity index (χ4v) is 3.30. The number of β-amino-alcohol motifs (C(OH)–C–C–N with tert-alkyl or cyclic N) is 1. The second-order valence-electron chi connectivity index (χ2n) is 5.73. The van der Waals surface area contributed by atoms with E-state index in [9.17, 15) is 9.90 Å². The van der Waals surface area contributed by atoms with Crippen LogP contribution in [0.25, 0.3) is 0 Å². The first-order valence-electron chi connectivity index (χ1n) is 6.71. The Morgan fingerprint density at radius 3 is 2.53 bits per heavy atom. The van der Waals surface area contributed by atoms with E-state index in [2.05, 4.69) is 4.90 Å². The minimum atomic E-state index is -0.698. The highest BCUT2D eigenvalue weighted by atomic mass is 16.4. The lowest BCUT2D eigenvalue weighted by Crippen LogP contribution is -2.46. The summed E-state index contributed by atoms with van der Waals surface area (Å²) in [5.74, 6) is -0.960. The summed E-state index contributed by atoms with van der Waals surface area (Å²) in [6.45, 7) is 3.43. The molecule has 2 unspecified atom stereocenters. The maximum atomic E-state index is 11.0. The number of carbonyl (C=O) groups is 1. The largest absolute Gasteiger partial charge is 0.481 e. The van der Waals surface area contributed by atoms with E-state index in [0.717, 1.165) is 32.2 Å². The molecule has 17 heavy (non-hydrogen) atoms. The van der Waals surface area contributed by atoms with Gasteiger partial charge in [-0.05, 0) is 32.7 Å². The van der Waals surface area contributed by atoms with E-state index in [1.54, 1.807) is 0 Å². The van der Waals surface area contributed by atoms with Gasteiger partial charge in [0.2, 0.25) is 0 Å². The van der Waals surface area contributed by atoms with Crippen LogP contribution < -0.4 is 0 Å². The highest BCUT2D eigenvalue weighted by molar-refractivity contribution is 5.71. The van der Waals surface area contributed by atoms with Crippen LogP contribution in [-0.4, -0.2) is 45.8 Å². The average Bonchev–Trinajstić information content (AvgIpc) is 2.61. The number of rotatable bonds is 3. The van der Waals surface area contributed by atoms with Crippen molar-refractivity contribution in [1.29, 1.82) is 0 Å². The van der Waals surface area contributed by atoms with Gasteiger partial charge >= 0.3 is 5.97 Å². The van der Waals surface area contributed by atoms with Crippen molar-refractivity contribution in [3.63, 3.8) is 0 Å². The maximum Gasteiger partial charge on any atom is 0.308 e. The van der Waals surface area contributed by atoms with Crippen molar-refractivity contribution in [3.8, 4) is 0 Å². The molecule has 1 aliphatic carbocycles. The highest BCUT2D eigenvalue weighted by Gasteiger charge is 2.40. The van der Waals surface area contributed by atoms with E-state index >= 15 is 0 Å². The Hall–Kier alpha value is -0.610. The molecule has 0 bridgehead atoms. The summed E-state index contributed by atoms with van der Waals surface area (Å²) in [5, 5.41) is 19.6.